The fraction of sp³-hybridized carbons (Fsp3) is 0.462. The Bertz CT molecular complexity index is 301. The Hall–Kier alpha value is -1.31. The summed E-state index contributed by atoms with van der Waals surface area (Å²) in [5.74, 6) is -0.217. The zero-order valence-electron chi connectivity index (χ0n) is 9.45. The van der Waals surface area contributed by atoms with Gasteiger partial charge in [-0.05, 0) is 25.5 Å². The summed E-state index contributed by atoms with van der Waals surface area (Å²) in [4.78, 5) is 11.5. The van der Waals surface area contributed by atoms with E-state index in [4.69, 9.17) is 4.74 Å². The molecule has 15 heavy (non-hydrogen) atoms. The Balaban J connectivity index is 2.37. The molecular weight excluding hydrogens is 188 g/mol. The summed E-state index contributed by atoms with van der Waals surface area (Å²) in [6.07, 6.45) is 3.21. The Morgan fingerprint density at radius 3 is 2.47 bits per heavy atom. The predicted octanol–water partition coefficient (Wildman–Crippen LogP) is 3.34. The van der Waals surface area contributed by atoms with Gasteiger partial charge in [0.15, 0.2) is 0 Å². The Kier molecular flexibility index (Phi) is 4.88. The lowest BCUT2D eigenvalue weighted by Crippen LogP contribution is -2.06. The third-order valence-corrected chi connectivity index (χ3v) is 2.27. The highest BCUT2D eigenvalue weighted by molar-refractivity contribution is 5.89. The van der Waals surface area contributed by atoms with E-state index >= 15 is 0 Å². The summed E-state index contributed by atoms with van der Waals surface area (Å²) in [5.41, 5.74) is 1.79. The van der Waals surface area contributed by atoms with Crippen LogP contribution in [0.5, 0.6) is 0 Å². The molecule has 0 aliphatic heterocycles. The first-order valence-corrected chi connectivity index (χ1v) is 5.48. The number of benzene rings is 1. The molecule has 0 fully saturated rings. The van der Waals surface area contributed by atoms with Crippen LogP contribution in [0, 0.1) is 6.92 Å². The minimum absolute atomic E-state index is 0.217. The molecule has 0 amide bonds. The lowest BCUT2D eigenvalue weighted by atomic mass is 10.1. The number of hydrogen-bond acceptors (Lipinski definition) is 2. The molecule has 1 rings (SSSR count). The molecule has 0 spiro atoms. The third kappa shape index (κ3) is 4.15. The number of rotatable bonds is 5. The molecule has 0 saturated heterocycles. The van der Waals surface area contributed by atoms with Gasteiger partial charge in [-0.25, -0.2) is 4.79 Å². The second-order valence-corrected chi connectivity index (χ2v) is 3.71. The number of carbonyl (C=O) groups excluding carboxylic acids is 1. The summed E-state index contributed by atoms with van der Waals surface area (Å²) in [7, 11) is 0. The number of unbranched alkanes of at least 4 members (excludes halogenated alkanes) is 2. The van der Waals surface area contributed by atoms with Crippen molar-refractivity contribution in [3.8, 4) is 0 Å². The molecule has 2 nitrogen and oxygen atoms in total. The Labute approximate surface area is 91.3 Å². The van der Waals surface area contributed by atoms with Crippen LogP contribution < -0.4 is 0 Å². The first-order chi connectivity index (χ1) is 7.24. The minimum atomic E-state index is -0.217. The lowest BCUT2D eigenvalue weighted by Gasteiger charge is -2.04. The zero-order chi connectivity index (χ0) is 11.1. The molecule has 0 aliphatic carbocycles. The van der Waals surface area contributed by atoms with Crippen LogP contribution in [0.4, 0.5) is 0 Å². The van der Waals surface area contributed by atoms with E-state index in [9.17, 15) is 4.79 Å². The monoisotopic (exact) mass is 206 g/mol. The smallest absolute Gasteiger partial charge is 0.338 e. The van der Waals surface area contributed by atoms with Crippen molar-refractivity contribution in [3.63, 3.8) is 0 Å². The van der Waals surface area contributed by atoms with Gasteiger partial charge in [-0.1, -0.05) is 37.5 Å². The number of esters is 1. The van der Waals surface area contributed by atoms with Crippen molar-refractivity contribution < 1.29 is 9.53 Å². The normalized spacial score (nSPS) is 10.0. The maximum Gasteiger partial charge on any atom is 0.338 e. The number of aryl methyl sites for hydroxylation is 1. The molecule has 0 bridgehead atoms. The highest BCUT2D eigenvalue weighted by Gasteiger charge is 2.05. The van der Waals surface area contributed by atoms with Crippen molar-refractivity contribution in [1.29, 1.82) is 0 Å². The minimum Gasteiger partial charge on any atom is -0.462 e. The van der Waals surface area contributed by atoms with Gasteiger partial charge in [-0.15, -0.1) is 0 Å². The van der Waals surface area contributed by atoms with Crippen LogP contribution in [-0.4, -0.2) is 12.6 Å². The van der Waals surface area contributed by atoms with Crippen molar-refractivity contribution >= 4 is 5.97 Å². The molecule has 0 heterocycles. The van der Waals surface area contributed by atoms with E-state index < -0.39 is 0 Å². The van der Waals surface area contributed by atoms with Crippen molar-refractivity contribution in [3.05, 3.63) is 35.4 Å². The molecule has 0 unspecified atom stereocenters. The van der Waals surface area contributed by atoms with Gasteiger partial charge >= 0.3 is 5.97 Å². The lowest BCUT2D eigenvalue weighted by molar-refractivity contribution is 0.0498. The van der Waals surface area contributed by atoms with Gasteiger partial charge in [0, 0.05) is 0 Å². The van der Waals surface area contributed by atoms with Crippen LogP contribution in [0.2, 0.25) is 0 Å². The molecule has 0 saturated carbocycles. The molecule has 82 valence electrons. The maximum absolute atomic E-state index is 11.5. The molecule has 2 heteroatoms. The highest BCUT2D eigenvalue weighted by atomic mass is 16.5. The third-order valence-electron chi connectivity index (χ3n) is 2.27. The fourth-order valence-corrected chi connectivity index (χ4v) is 1.29. The summed E-state index contributed by atoms with van der Waals surface area (Å²) in [5, 5.41) is 0. The second kappa shape index (κ2) is 6.23. The van der Waals surface area contributed by atoms with Gasteiger partial charge in [0.1, 0.15) is 0 Å². The highest BCUT2D eigenvalue weighted by Crippen LogP contribution is 2.05. The average Bonchev–Trinajstić information content (AvgIpc) is 2.25. The van der Waals surface area contributed by atoms with E-state index in [1.54, 1.807) is 12.1 Å². The van der Waals surface area contributed by atoms with E-state index in [2.05, 4.69) is 6.92 Å². The first-order valence-electron chi connectivity index (χ1n) is 5.48. The van der Waals surface area contributed by atoms with Gasteiger partial charge < -0.3 is 4.74 Å². The average molecular weight is 206 g/mol. The first kappa shape index (κ1) is 11.8. The van der Waals surface area contributed by atoms with E-state index in [1.165, 1.54) is 0 Å². The van der Waals surface area contributed by atoms with E-state index in [-0.39, 0.29) is 5.97 Å². The topological polar surface area (TPSA) is 26.3 Å². The molecule has 0 aliphatic rings. The number of ether oxygens (including phenoxy) is 1. The van der Waals surface area contributed by atoms with Crippen LogP contribution in [-0.2, 0) is 4.74 Å². The van der Waals surface area contributed by atoms with Gasteiger partial charge in [-0.3, -0.25) is 0 Å². The number of hydrogen-bond donors (Lipinski definition) is 0. The quantitative estimate of drug-likeness (QED) is 0.545. The van der Waals surface area contributed by atoms with E-state index in [0.29, 0.717) is 12.2 Å². The van der Waals surface area contributed by atoms with Crippen LogP contribution >= 0.6 is 0 Å². The standard InChI is InChI=1S/C13H18O2/c1-3-4-5-10-15-13(14)12-8-6-11(2)7-9-12/h6-9H,3-5,10H2,1-2H3. The molecular formula is C13H18O2. The van der Waals surface area contributed by atoms with Crippen molar-refractivity contribution in [2.45, 2.75) is 33.1 Å². The molecule has 1 aromatic carbocycles. The summed E-state index contributed by atoms with van der Waals surface area (Å²) >= 11 is 0. The Morgan fingerprint density at radius 1 is 1.20 bits per heavy atom. The molecule has 1 aromatic rings. The van der Waals surface area contributed by atoms with Gasteiger partial charge in [0.2, 0.25) is 0 Å². The van der Waals surface area contributed by atoms with Crippen LogP contribution in [0.25, 0.3) is 0 Å². The fourth-order valence-electron chi connectivity index (χ4n) is 1.29. The zero-order valence-corrected chi connectivity index (χ0v) is 9.45. The SMILES string of the molecule is CCCCCOC(=O)c1ccc(C)cc1. The van der Waals surface area contributed by atoms with E-state index in [1.807, 2.05) is 19.1 Å². The molecule has 0 N–H and O–H groups in total. The van der Waals surface area contributed by atoms with Crippen molar-refractivity contribution in [2.24, 2.45) is 0 Å². The van der Waals surface area contributed by atoms with Crippen LogP contribution in [0.3, 0.4) is 0 Å². The summed E-state index contributed by atoms with van der Waals surface area (Å²) in [6, 6.07) is 7.44. The summed E-state index contributed by atoms with van der Waals surface area (Å²) < 4.78 is 5.13. The molecule has 0 aromatic heterocycles. The maximum atomic E-state index is 11.5. The second-order valence-electron chi connectivity index (χ2n) is 3.71. The van der Waals surface area contributed by atoms with E-state index in [0.717, 1.165) is 24.8 Å². The largest absolute Gasteiger partial charge is 0.462 e. The van der Waals surface area contributed by atoms with Crippen LogP contribution in [0.15, 0.2) is 24.3 Å². The van der Waals surface area contributed by atoms with Gasteiger partial charge in [-0.2, -0.15) is 0 Å². The van der Waals surface area contributed by atoms with Crippen molar-refractivity contribution in [1.82, 2.24) is 0 Å². The predicted molar refractivity (Wildman–Crippen MR) is 61.0 cm³/mol. The molecule has 0 radical (unpaired) electrons. The van der Waals surface area contributed by atoms with Gasteiger partial charge in [0.05, 0.1) is 12.2 Å². The Morgan fingerprint density at radius 2 is 1.87 bits per heavy atom. The number of carbonyl (C=O) groups is 1. The van der Waals surface area contributed by atoms with Crippen molar-refractivity contribution in [2.75, 3.05) is 6.61 Å². The summed E-state index contributed by atoms with van der Waals surface area (Å²) in [6.45, 7) is 4.65. The molecule has 0 atom stereocenters. The van der Waals surface area contributed by atoms with Gasteiger partial charge in [0.25, 0.3) is 0 Å². The van der Waals surface area contributed by atoms with Crippen LogP contribution in [0.1, 0.15) is 42.1 Å².